The van der Waals surface area contributed by atoms with Crippen molar-refractivity contribution in [1.29, 1.82) is 5.26 Å². The monoisotopic (exact) mass is 541 g/mol. The molecule has 39 heavy (non-hydrogen) atoms. The second-order valence-electron chi connectivity index (χ2n) is 9.95. The quantitative estimate of drug-likeness (QED) is 0.235. The molecule has 1 amide bonds. The number of carbonyl (C=O) groups is 1. The first-order valence-corrected chi connectivity index (χ1v) is 13.9. The predicted octanol–water partition coefficient (Wildman–Crippen LogP) is 5.89. The second kappa shape index (κ2) is 10.2. The van der Waals surface area contributed by atoms with Gasteiger partial charge in [-0.1, -0.05) is 11.8 Å². The van der Waals surface area contributed by atoms with Crippen LogP contribution in [0.1, 0.15) is 53.5 Å². The fourth-order valence-corrected chi connectivity index (χ4v) is 6.06. The number of amides is 1. The molecule has 8 nitrogen and oxygen atoms in total. The van der Waals surface area contributed by atoms with Crippen molar-refractivity contribution in [3.63, 3.8) is 0 Å². The first kappa shape index (κ1) is 25.2. The number of nitrogens with zero attached hydrogens (tertiary/aromatic N) is 6. The Morgan fingerprint density at radius 2 is 2.00 bits per heavy atom. The number of unbranched alkanes of at least 4 members (excludes halogenated alkanes) is 1. The zero-order valence-corrected chi connectivity index (χ0v) is 22.6. The lowest BCUT2D eigenvalue weighted by Gasteiger charge is -2.13. The normalized spacial score (nSPS) is 13.3. The van der Waals surface area contributed by atoms with E-state index in [9.17, 15) is 9.18 Å². The Morgan fingerprint density at radius 3 is 2.79 bits per heavy atom. The van der Waals surface area contributed by atoms with Crippen molar-refractivity contribution in [3.05, 3.63) is 71.6 Å². The molecule has 0 bridgehead atoms. The predicted molar refractivity (Wildman–Crippen MR) is 148 cm³/mol. The lowest BCUT2D eigenvalue weighted by atomic mass is 10.1. The summed E-state index contributed by atoms with van der Waals surface area (Å²) in [6, 6.07) is 13.7. The molecule has 2 aromatic carbocycles. The number of hydrogen-bond donors (Lipinski definition) is 1. The summed E-state index contributed by atoms with van der Waals surface area (Å²) in [5, 5.41) is 22.7. The number of hydrogen-bond acceptors (Lipinski definition) is 5. The Bertz CT molecular complexity index is 1750. The Labute approximate surface area is 229 Å². The van der Waals surface area contributed by atoms with Crippen LogP contribution in [0.5, 0.6) is 0 Å². The SMILES string of the molecule is Cc1c(Sc2ccc3c(cnn3C)c2)cc(C(=O)NCc2c(F)ccc3cnn(C4CC4)c23)n1CCCC#N. The molecule has 5 aromatic rings. The van der Waals surface area contributed by atoms with E-state index in [1.807, 2.05) is 52.3 Å². The van der Waals surface area contributed by atoms with Crippen molar-refractivity contribution < 1.29 is 9.18 Å². The summed E-state index contributed by atoms with van der Waals surface area (Å²) in [5.74, 6) is -0.633. The number of aryl methyl sites for hydroxylation is 1. The summed E-state index contributed by atoms with van der Waals surface area (Å²) in [6.07, 6.45) is 6.69. The Balaban J connectivity index is 1.28. The summed E-state index contributed by atoms with van der Waals surface area (Å²) in [5.41, 5.74) is 3.70. The third-order valence-electron chi connectivity index (χ3n) is 7.29. The minimum atomic E-state index is -0.354. The number of rotatable bonds is 9. The molecule has 1 aliphatic rings. The molecule has 10 heteroatoms. The van der Waals surface area contributed by atoms with E-state index in [1.165, 1.54) is 6.07 Å². The van der Waals surface area contributed by atoms with Gasteiger partial charge in [-0.2, -0.15) is 15.5 Å². The van der Waals surface area contributed by atoms with E-state index in [0.717, 1.165) is 50.1 Å². The molecule has 0 spiro atoms. The molecule has 3 aromatic heterocycles. The Kier molecular flexibility index (Phi) is 6.61. The second-order valence-corrected chi connectivity index (χ2v) is 11.1. The van der Waals surface area contributed by atoms with E-state index in [2.05, 4.69) is 27.6 Å². The van der Waals surface area contributed by atoms with Gasteiger partial charge in [-0.15, -0.1) is 0 Å². The van der Waals surface area contributed by atoms with Crippen molar-refractivity contribution >= 4 is 39.5 Å². The smallest absolute Gasteiger partial charge is 0.268 e. The first-order chi connectivity index (χ1) is 18.9. The number of aromatic nitrogens is 5. The third-order valence-corrected chi connectivity index (χ3v) is 8.42. The molecule has 0 radical (unpaired) electrons. The molecule has 1 fully saturated rings. The van der Waals surface area contributed by atoms with Gasteiger partial charge in [0.05, 0.1) is 35.5 Å². The van der Waals surface area contributed by atoms with Crippen LogP contribution in [0.15, 0.2) is 58.6 Å². The summed E-state index contributed by atoms with van der Waals surface area (Å²) in [4.78, 5) is 15.5. The number of carbonyl (C=O) groups excluding carboxylic acids is 1. The van der Waals surface area contributed by atoms with Gasteiger partial charge in [-0.25, -0.2) is 4.39 Å². The van der Waals surface area contributed by atoms with Crippen LogP contribution in [0.3, 0.4) is 0 Å². The average molecular weight is 542 g/mol. The number of halogens is 1. The van der Waals surface area contributed by atoms with Crippen molar-refractivity contribution in [2.75, 3.05) is 0 Å². The molecule has 198 valence electrons. The highest BCUT2D eigenvalue weighted by Crippen LogP contribution is 2.38. The van der Waals surface area contributed by atoms with Crippen molar-refractivity contribution in [3.8, 4) is 6.07 Å². The number of nitriles is 1. The van der Waals surface area contributed by atoms with Gasteiger partial charge in [-0.3, -0.25) is 14.2 Å². The van der Waals surface area contributed by atoms with Gasteiger partial charge in [0, 0.05) is 58.4 Å². The maximum Gasteiger partial charge on any atom is 0.268 e. The van der Waals surface area contributed by atoms with Crippen LogP contribution in [0.2, 0.25) is 0 Å². The number of fused-ring (bicyclic) bond motifs is 2. The van der Waals surface area contributed by atoms with Gasteiger partial charge < -0.3 is 9.88 Å². The van der Waals surface area contributed by atoms with Crippen LogP contribution in [0.25, 0.3) is 21.8 Å². The Hall–Kier alpha value is -4.10. The molecule has 6 rings (SSSR count). The molecule has 1 N–H and O–H groups in total. The molecule has 1 aliphatic carbocycles. The lowest BCUT2D eigenvalue weighted by Crippen LogP contribution is -2.26. The zero-order valence-electron chi connectivity index (χ0n) is 21.8. The fraction of sp³-hybridized carbons (Fsp3) is 0.310. The van der Waals surface area contributed by atoms with Crippen LogP contribution in [0.4, 0.5) is 4.39 Å². The maximum atomic E-state index is 15.0. The highest BCUT2D eigenvalue weighted by Gasteiger charge is 2.28. The first-order valence-electron chi connectivity index (χ1n) is 13.0. The Morgan fingerprint density at radius 1 is 1.18 bits per heavy atom. The highest BCUT2D eigenvalue weighted by molar-refractivity contribution is 7.99. The van der Waals surface area contributed by atoms with Gasteiger partial charge in [0.2, 0.25) is 0 Å². The molecule has 0 aliphatic heterocycles. The van der Waals surface area contributed by atoms with Crippen LogP contribution in [-0.2, 0) is 20.1 Å². The van der Waals surface area contributed by atoms with Crippen molar-refractivity contribution in [1.82, 2.24) is 29.4 Å². The van der Waals surface area contributed by atoms with Gasteiger partial charge in [0.15, 0.2) is 0 Å². The highest BCUT2D eigenvalue weighted by atomic mass is 32.2. The minimum absolute atomic E-state index is 0.0585. The van der Waals surface area contributed by atoms with Gasteiger partial charge in [0.25, 0.3) is 5.91 Å². The largest absolute Gasteiger partial charge is 0.346 e. The van der Waals surface area contributed by atoms with Crippen LogP contribution >= 0.6 is 11.8 Å². The summed E-state index contributed by atoms with van der Waals surface area (Å²) in [6.45, 7) is 2.59. The number of nitrogens with one attached hydrogen (secondary N) is 1. The molecular formula is C29H28FN7OS. The number of benzene rings is 2. The van der Waals surface area contributed by atoms with Crippen LogP contribution < -0.4 is 5.32 Å². The van der Waals surface area contributed by atoms with Gasteiger partial charge in [-0.05, 0) is 62.6 Å². The van der Waals surface area contributed by atoms with E-state index >= 15 is 0 Å². The van der Waals surface area contributed by atoms with Crippen molar-refractivity contribution in [2.24, 2.45) is 7.05 Å². The fourth-order valence-electron chi connectivity index (χ4n) is 5.06. The lowest BCUT2D eigenvalue weighted by molar-refractivity contribution is 0.0941. The van der Waals surface area contributed by atoms with E-state index < -0.39 is 0 Å². The van der Waals surface area contributed by atoms with E-state index in [4.69, 9.17) is 5.26 Å². The summed E-state index contributed by atoms with van der Waals surface area (Å²) < 4.78 is 20.7. The molecular weight excluding hydrogens is 513 g/mol. The topological polar surface area (TPSA) is 93.5 Å². The third kappa shape index (κ3) is 4.79. The molecule has 0 unspecified atom stereocenters. The molecule has 0 atom stereocenters. The van der Waals surface area contributed by atoms with Gasteiger partial charge >= 0.3 is 0 Å². The van der Waals surface area contributed by atoms with E-state index in [-0.39, 0.29) is 18.3 Å². The average Bonchev–Trinajstić information content (AvgIpc) is 3.48. The maximum absolute atomic E-state index is 15.0. The molecule has 1 saturated carbocycles. The molecule has 3 heterocycles. The standard InChI is InChI=1S/C29H28FN7OS/c1-18-27(39-22-8-10-25-20(13-22)16-33-35(25)2)14-26(36(18)12-4-3-11-31)29(38)32-17-23-24(30)9-5-19-15-34-37(28(19)23)21-6-7-21/h5,8-10,13-16,21H,3-4,6-7,12,17H2,1-2H3,(H,32,38). The minimum Gasteiger partial charge on any atom is -0.346 e. The zero-order chi connectivity index (χ0) is 27.1. The van der Waals surface area contributed by atoms with E-state index in [1.54, 1.807) is 24.0 Å². The summed E-state index contributed by atoms with van der Waals surface area (Å²) in [7, 11) is 1.91. The molecule has 0 saturated heterocycles. The van der Waals surface area contributed by atoms with E-state index in [0.29, 0.717) is 36.7 Å². The van der Waals surface area contributed by atoms with Crippen LogP contribution in [0, 0.1) is 24.1 Å². The van der Waals surface area contributed by atoms with Crippen LogP contribution in [-0.4, -0.2) is 30.0 Å². The summed E-state index contributed by atoms with van der Waals surface area (Å²) >= 11 is 1.59. The van der Waals surface area contributed by atoms with Crippen molar-refractivity contribution in [2.45, 2.75) is 61.5 Å². The van der Waals surface area contributed by atoms with Gasteiger partial charge in [0.1, 0.15) is 11.5 Å².